The van der Waals surface area contributed by atoms with Crippen LogP contribution in [0, 0.1) is 0 Å². The van der Waals surface area contributed by atoms with Gasteiger partial charge in [0.1, 0.15) is 5.15 Å². The van der Waals surface area contributed by atoms with E-state index in [2.05, 4.69) is 4.98 Å². The van der Waals surface area contributed by atoms with E-state index in [1.165, 1.54) is 0 Å². The topological polar surface area (TPSA) is 21.1 Å². The smallest absolute Gasteiger partial charge is 0.205 e. The normalized spacial score (nSPS) is 10.0. The molecule has 1 aromatic heterocycles. The van der Waals surface area contributed by atoms with E-state index >= 15 is 0 Å². The van der Waals surface area contributed by atoms with Gasteiger partial charge in [-0.25, -0.2) is 4.98 Å². The predicted molar refractivity (Wildman–Crippen MR) is 42.5 cm³/mol. The van der Waals surface area contributed by atoms with Gasteiger partial charge in [-0.15, -0.1) is 0 Å². The summed E-state index contributed by atoms with van der Waals surface area (Å²) in [5.74, 6) is 0.866. The Labute approximate surface area is 65.2 Å². The lowest BCUT2D eigenvalue weighted by atomic mass is 10.8. The molecule has 0 fully saturated rings. The summed E-state index contributed by atoms with van der Waals surface area (Å²) < 4.78 is 1.82. The highest BCUT2D eigenvalue weighted by Crippen LogP contribution is 2.14. The van der Waals surface area contributed by atoms with Crippen molar-refractivity contribution in [3.8, 4) is 0 Å². The monoisotopic (exact) mass is 159 g/mol. The van der Waals surface area contributed by atoms with Gasteiger partial charge in [0.15, 0.2) is 0 Å². The zero-order valence-electron chi connectivity index (χ0n) is 6.30. The Morgan fingerprint density at radius 1 is 1.60 bits per heavy atom. The SMILES string of the molecule is CN(C)c1ncc(Cl)n1C. The number of imidazole rings is 1. The number of rotatable bonds is 1. The summed E-state index contributed by atoms with van der Waals surface area (Å²) >= 11 is 5.75. The van der Waals surface area contributed by atoms with Gasteiger partial charge in [-0.05, 0) is 0 Å². The second-order valence-corrected chi connectivity index (χ2v) is 2.72. The van der Waals surface area contributed by atoms with Crippen molar-refractivity contribution in [3.05, 3.63) is 11.3 Å². The van der Waals surface area contributed by atoms with E-state index in [-0.39, 0.29) is 0 Å². The van der Waals surface area contributed by atoms with E-state index < -0.39 is 0 Å². The third-order valence-corrected chi connectivity index (χ3v) is 1.66. The van der Waals surface area contributed by atoms with Gasteiger partial charge in [0.05, 0.1) is 6.20 Å². The molecule has 0 radical (unpaired) electrons. The minimum absolute atomic E-state index is 0.656. The van der Waals surface area contributed by atoms with Crippen LogP contribution in [0.2, 0.25) is 5.15 Å². The lowest BCUT2D eigenvalue weighted by molar-refractivity contribution is 0.867. The fourth-order valence-electron chi connectivity index (χ4n) is 0.795. The van der Waals surface area contributed by atoms with Crippen LogP contribution in [-0.4, -0.2) is 23.6 Å². The minimum atomic E-state index is 0.656. The molecule has 0 aliphatic heterocycles. The number of nitrogens with zero attached hydrogens (tertiary/aromatic N) is 3. The molecule has 0 aliphatic rings. The van der Waals surface area contributed by atoms with Crippen LogP contribution in [0.15, 0.2) is 6.20 Å². The molecule has 0 aliphatic carbocycles. The first kappa shape index (κ1) is 7.41. The molecule has 1 rings (SSSR count). The summed E-state index contributed by atoms with van der Waals surface area (Å²) in [6, 6.07) is 0. The highest BCUT2D eigenvalue weighted by Gasteiger charge is 2.03. The number of hydrogen-bond donors (Lipinski definition) is 0. The van der Waals surface area contributed by atoms with E-state index in [0.717, 1.165) is 5.95 Å². The van der Waals surface area contributed by atoms with Crippen LogP contribution in [0.1, 0.15) is 0 Å². The number of aromatic nitrogens is 2. The van der Waals surface area contributed by atoms with E-state index in [4.69, 9.17) is 11.6 Å². The Morgan fingerprint density at radius 2 is 2.20 bits per heavy atom. The Morgan fingerprint density at radius 3 is 2.40 bits per heavy atom. The third-order valence-electron chi connectivity index (χ3n) is 1.31. The van der Waals surface area contributed by atoms with Crippen LogP contribution in [0.3, 0.4) is 0 Å². The molecule has 0 amide bonds. The molecule has 0 saturated carbocycles. The summed E-state index contributed by atoms with van der Waals surface area (Å²) in [4.78, 5) is 5.98. The molecule has 0 N–H and O–H groups in total. The summed E-state index contributed by atoms with van der Waals surface area (Å²) in [5.41, 5.74) is 0. The number of halogens is 1. The molecule has 0 atom stereocenters. The Hall–Kier alpha value is -0.700. The van der Waals surface area contributed by atoms with Crippen LogP contribution in [0.25, 0.3) is 0 Å². The molecular weight excluding hydrogens is 150 g/mol. The Balaban J connectivity index is 3.05. The molecule has 1 heterocycles. The number of anilines is 1. The van der Waals surface area contributed by atoms with Crippen molar-refractivity contribution in [1.29, 1.82) is 0 Å². The lowest BCUT2D eigenvalue weighted by Gasteiger charge is -2.10. The van der Waals surface area contributed by atoms with Crippen molar-refractivity contribution in [2.45, 2.75) is 0 Å². The highest BCUT2D eigenvalue weighted by atomic mass is 35.5. The largest absolute Gasteiger partial charge is 0.348 e. The van der Waals surface area contributed by atoms with Crippen LogP contribution < -0.4 is 4.90 Å². The van der Waals surface area contributed by atoms with Crippen molar-refractivity contribution in [2.24, 2.45) is 7.05 Å². The third kappa shape index (κ3) is 1.09. The first-order valence-electron chi connectivity index (χ1n) is 2.97. The van der Waals surface area contributed by atoms with Crippen LogP contribution in [0.4, 0.5) is 5.95 Å². The van der Waals surface area contributed by atoms with E-state index in [1.807, 2.05) is 30.6 Å². The van der Waals surface area contributed by atoms with Gasteiger partial charge in [0.2, 0.25) is 5.95 Å². The molecule has 0 unspecified atom stereocenters. The first-order chi connectivity index (χ1) is 4.63. The molecule has 0 aromatic carbocycles. The number of hydrogen-bond acceptors (Lipinski definition) is 2. The van der Waals surface area contributed by atoms with E-state index in [0.29, 0.717) is 5.15 Å². The molecule has 0 bridgehead atoms. The van der Waals surface area contributed by atoms with Crippen molar-refractivity contribution >= 4 is 17.5 Å². The minimum Gasteiger partial charge on any atom is -0.348 e. The molecule has 1 aromatic rings. The average Bonchev–Trinajstić information content (AvgIpc) is 2.14. The summed E-state index contributed by atoms with van der Waals surface area (Å²) in [6.45, 7) is 0. The van der Waals surface area contributed by atoms with Gasteiger partial charge in [-0.3, -0.25) is 0 Å². The van der Waals surface area contributed by atoms with Gasteiger partial charge < -0.3 is 9.47 Å². The van der Waals surface area contributed by atoms with E-state index in [1.54, 1.807) is 6.20 Å². The van der Waals surface area contributed by atoms with Gasteiger partial charge in [-0.2, -0.15) is 0 Å². The average molecular weight is 160 g/mol. The van der Waals surface area contributed by atoms with Crippen molar-refractivity contribution in [1.82, 2.24) is 9.55 Å². The first-order valence-corrected chi connectivity index (χ1v) is 3.35. The van der Waals surface area contributed by atoms with Gasteiger partial charge in [-0.1, -0.05) is 11.6 Å². The maximum Gasteiger partial charge on any atom is 0.205 e. The van der Waals surface area contributed by atoms with Crippen molar-refractivity contribution < 1.29 is 0 Å². The fourth-order valence-corrected chi connectivity index (χ4v) is 0.920. The van der Waals surface area contributed by atoms with Gasteiger partial charge >= 0.3 is 0 Å². The van der Waals surface area contributed by atoms with E-state index in [9.17, 15) is 0 Å². The highest BCUT2D eigenvalue weighted by molar-refractivity contribution is 6.29. The summed E-state index contributed by atoms with van der Waals surface area (Å²) in [5, 5.41) is 0.656. The lowest BCUT2D eigenvalue weighted by Crippen LogP contribution is -2.13. The molecule has 4 heteroatoms. The Kier molecular flexibility index (Phi) is 1.85. The summed E-state index contributed by atoms with van der Waals surface area (Å²) in [7, 11) is 5.74. The van der Waals surface area contributed by atoms with Crippen LogP contribution in [-0.2, 0) is 7.05 Å². The summed E-state index contributed by atoms with van der Waals surface area (Å²) in [6.07, 6.45) is 1.64. The predicted octanol–water partition coefficient (Wildman–Crippen LogP) is 1.14. The molecule has 0 saturated heterocycles. The fraction of sp³-hybridized carbons (Fsp3) is 0.500. The molecule has 56 valence electrons. The second-order valence-electron chi connectivity index (χ2n) is 2.33. The van der Waals surface area contributed by atoms with Gasteiger partial charge in [0, 0.05) is 21.1 Å². The maximum atomic E-state index is 5.75. The maximum absolute atomic E-state index is 5.75. The van der Waals surface area contributed by atoms with Crippen molar-refractivity contribution in [3.63, 3.8) is 0 Å². The zero-order chi connectivity index (χ0) is 7.72. The second kappa shape index (κ2) is 2.50. The quantitative estimate of drug-likeness (QED) is 0.613. The van der Waals surface area contributed by atoms with Crippen molar-refractivity contribution in [2.75, 3.05) is 19.0 Å². The standard InChI is InChI=1S/C6H10ClN3/c1-9(2)6-8-4-5(7)10(6)3/h4H,1-3H3. The van der Waals surface area contributed by atoms with Gasteiger partial charge in [0.25, 0.3) is 0 Å². The zero-order valence-corrected chi connectivity index (χ0v) is 7.05. The molecule has 0 spiro atoms. The molecule has 10 heavy (non-hydrogen) atoms. The molecular formula is C6H10ClN3. The Bertz CT molecular complexity index is 229. The van der Waals surface area contributed by atoms with Crippen LogP contribution in [0.5, 0.6) is 0 Å². The van der Waals surface area contributed by atoms with Crippen LogP contribution >= 0.6 is 11.6 Å². The molecule has 3 nitrogen and oxygen atoms in total.